The Bertz CT molecular complexity index is 810. The van der Waals surface area contributed by atoms with Crippen molar-refractivity contribution in [2.24, 2.45) is 25.4 Å². The third-order valence-corrected chi connectivity index (χ3v) is 3.13. The van der Waals surface area contributed by atoms with Crippen LogP contribution in [0.15, 0.2) is 50.0 Å². The molecule has 21 heavy (non-hydrogen) atoms. The number of aromatic nitrogens is 2. The largest absolute Gasteiger partial charge is 0.262 e. The van der Waals surface area contributed by atoms with E-state index in [1.165, 1.54) is 6.33 Å². The first-order valence-corrected chi connectivity index (χ1v) is 6.19. The van der Waals surface area contributed by atoms with Crippen molar-refractivity contribution >= 4 is 42.2 Å². The molecular weight excluding hydrogens is 290 g/mol. The first kappa shape index (κ1) is 13.2. The van der Waals surface area contributed by atoms with E-state index in [4.69, 9.17) is 11.6 Å². The van der Waals surface area contributed by atoms with Crippen molar-refractivity contribution in [2.45, 2.75) is 0 Å². The summed E-state index contributed by atoms with van der Waals surface area (Å²) in [6, 6.07) is 5.26. The molecule has 7 nitrogen and oxygen atoms in total. The van der Waals surface area contributed by atoms with E-state index in [0.717, 1.165) is 5.56 Å². The van der Waals surface area contributed by atoms with E-state index in [1.54, 1.807) is 18.2 Å². The van der Waals surface area contributed by atoms with E-state index in [1.807, 2.05) is 0 Å². The summed E-state index contributed by atoms with van der Waals surface area (Å²) in [6.45, 7) is 6.98. The van der Waals surface area contributed by atoms with Gasteiger partial charge in [-0.15, -0.1) is 10.2 Å². The maximum Gasteiger partial charge on any atom is 0.225 e. The molecule has 0 bridgehead atoms. The number of hydrogen-bond donors (Lipinski definition) is 0. The summed E-state index contributed by atoms with van der Waals surface area (Å²) in [7, 11) is 0. The van der Waals surface area contributed by atoms with Gasteiger partial charge in [-0.1, -0.05) is 11.6 Å². The molecule has 0 atom stereocenters. The molecule has 0 radical (unpaired) electrons. The average molecular weight is 298 g/mol. The predicted octanol–water partition coefficient (Wildman–Crippen LogP) is 3.59. The molecule has 2 aromatic rings. The minimum atomic E-state index is 0.422. The summed E-state index contributed by atoms with van der Waals surface area (Å²) in [6.07, 6.45) is 1.43. The number of halogens is 1. The minimum Gasteiger partial charge on any atom is -0.262 e. The van der Waals surface area contributed by atoms with Gasteiger partial charge in [0.15, 0.2) is 0 Å². The maximum atomic E-state index is 6.18. The highest BCUT2D eigenvalue weighted by molar-refractivity contribution is 6.34. The molecule has 0 unspecified atom stereocenters. The van der Waals surface area contributed by atoms with Crippen LogP contribution in [0.2, 0.25) is 5.02 Å². The van der Waals surface area contributed by atoms with Gasteiger partial charge in [0.1, 0.15) is 17.7 Å². The van der Waals surface area contributed by atoms with Crippen LogP contribution < -0.4 is 0 Å². The highest BCUT2D eigenvalue weighted by Gasteiger charge is 2.14. The number of amidine groups is 1. The molecule has 0 saturated carbocycles. The van der Waals surface area contributed by atoms with E-state index in [-0.39, 0.29) is 0 Å². The second-order valence-corrected chi connectivity index (χ2v) is 4.45. The Morgan fingerprint density at radius 3 is 2.38 bits per heavy atom. The fourth-order valence-electron chi connectivity index (χ4n) is 1.84. The van der Waals surface area contributed by atoms with Gasteiger partial charge in [-0.2, -0.15) is 0 Å². The van der Waals surface area contributed by atoms with Crippen LogP contribution in [-0.4, -0.2) is 29.2 Å². The lowest BCUT2D eigenvalue weighted by Crippen LogP contribution is -2.04. The van der Waals surface area contributed by atoms with Crippen LogP contribution in [0, 0.1) is 0 Å². The Morgan fingerprint density at radius 2 is 1.76 bits per heavy atom. The summed E-state index contributed by atoms with van der Waals surface area (Å²) in [5, 5.41) is 11.4. The van der Waals surface area contributed by atoms with E-state index in [2.05, 4.69) is 48.8 Å². The molecule has 3 rings (SSSR count). The van der Waals surface area contributed by atoms with Gasteiger partial charge in [0.2, 0.25) is 5.84 Å². The van der Waals surface area contributed by atoms with Gasteiger partial charge >= 0.3 is 0 Å². The van der Waals surface area contributed by atoms with Crippen molar-refractivity contribution in [3.05, 3.63) is 35.2 Å². The van der Waals surface area contributed by atoms with E-state index >= 15 is 0 Å². The van der Waals surface area contributed by atoms with Crippen LogP contribution >= 0.6 is 11.6 Å². The van der Waals surface area contributed by atoms with Gasteiger partial charge in [0.05, 0.1) is 16.4 Å². The third-order valence-electron chi connectivity index (χ3n) is 2.84. The number of nitrogens with zero attached hydrogens (tertiary/aromatic N) is 7. The zero-order chi connectivity index (χ0) is 14.8. The van der Waals surface area contributed by atoms with Crippen molar-refractivity contribution in [1.82, 2.24) is 9.97 Å². The Balaban J connectivity index is 2.10. The van der Waals surface area contributed by atoms with Crippen molar-refractivity contribution in [1.29, 1.82) is 0 Å². The highest BCUT2D eigenvalue weighted by atomic mass is 35.5. The topological polar surface area (TPSA) is 87.6 Å². The molecule has 1 aromatic heterocycles. The summed E-state index contributed by atoms with van der Waals surface area (Å²) in [4.78, 5) is 16.1. The first-order chi connectivity index (χ1) is 10.2. The van der Waals surface area contributed by atoms with Gasteiger partial charge in [-0.3, -0.25) is 9.98 Å². The molecule has 0 saturated heterocycles. The molecular formula is C13H8ClN7. The Hall–Kier alpha value is -2.80. The van der Waals surface area contributed by atoms with Crippen molar-refractivity contribution in [2.75, 3.05) is 0 Å². The lowest BCUT2D eigenvalue weighted by atomic mass is 10.1. The monoisotopic (exact) mass is 297 g/mol. The van der Waals surface area contributed by atoms with Gasteiger partial charge in [-0.25, -0.2) is 9.97 Å². The fourth-order valence-corrected chi connectivity index (χ4v) is 2.11. The quantitative estimate of drug-likeness (QED) is 0.807. The second kappa shape index (κ2) is 5.29. The smallest absolute Gasteiger partial charge is 0.225 e. The van der Waals surface area contributed by atoms with Crippen LogP contribution in [0.1, 0.15) is 5.69 Å². The molecule has 0 aliphatic carbocycles. The summed E-state index contributed by atoms with van der Waals surface area (Å²) in [5.74, 6) is 0.469. The highest BCUT2D eigenvalue weighted by Crippen LogP contribution is 2.38. The molecule has 1 aromatic carbocycles. The van der Waals surface area contributed by atoms with Crippen LogP contribution in [0.5, 0.6) is 0 Å². The first-order valence-electron chi connectivity index (χ1n) is 5.81. The molecule has 8 heteroatoms. The molecule has 102 valence electrons. The van der Waals surface area contributed by atoms with Crippen LogP contribution in [0.3, 0.4) is 0 Å². The van der Waals surface area contributed by atoms with Crippen LogP contribution in [0.25, 0.3) is 11.3 Å². The molecule has 1 aliphatic rings. The zero-order valence-corrected chi connectivity index (χ0v) is 11.5. The SMILES string of the molecule is C=Nc1cc(-c2cc(C3=NN=N3)ncn2)cc(Cl)c1N=C. The van der Waals surface area contributed by atoms with E-state index < -0.39 is 0 Å². The number of rotatable bonds is 4. The number of hydrogen-bond acceptors (Lipinski definition) is 7. The van der Waals surface area contributed by atoms with Gasteiger partial charge in [0.25, 0.3) is 0 Å². The van der Waals surface area contributed by atoms with Crippen molar-refractivity contribution in [3.63, 3.8) is 0 Å². The van der Waals surface area contributed by atoms with Crippen molar-refractivity contribution in [3.8, 4) is 11.3 Å². The molecule has 2 heterocycles. The lowest BCUT2D eigenvalue weighted by molar-refractivity contribution is 0.975. The minimum absolute atomic E-state index is 0.422. The van der Waals surface area contributed by atoms with Crippen LogP contribution in [-0.2, 0) is 0 Å². The summed E-state index contributed by atoms with van der Waals surface area (Å²) >= 11 is 6.18. The van der Waals surface area contributed by atoms with E-state index in [0.29, 0.717) is 33.6 Å². The molecule has 1 aliphatic heterocycles. The predicted molar refractivity (Wildman–Crippen MR) is 82.3 cm³/mol. The third kappa shape index (κ3) is 2.34. The van der Waals surface area contributed by atoms with Gasteiger partial charge in [0, 0.05) is 5.56 Å². The second-order valence-electron chi connectivity index (χ2n) is 4.04. The molecule has 0 amide bonds. The Kier molecular flexibility index (Phi) is 3.33. The summed E-state index contributed by atoms with van der Waals surface area (Å²) < 4.78 is 0. The van der Waals surface area contributed by atoms with E-state index in [9.17, 15) is 0 Å². The zero-order valence-electron chi connectivity index (χ0n) is 10.7. The average Bonchev–Trinajstić information content (AvgIpc) is 2.45. The normalized spacial score (nSPS) is 12.5. The van der Waals surface area contributed by atoms with Gasteiger partial charge < -0.3 is 0 Å². The molecule has 0 N–H and O–H groups in total. The molecule has 0 fully saturated rings. The van der Waals surface area contributed by atoms with Crippen molar-refractivity contribution < 1.29 is 0 Å². The Morgan fingerprint density at radius 1 is 1.00 bits per heavy atom. The van der Waals surface area contributed by atoms with Crippen LogP contribution in [0.4, 0.5) is 11.4 Å². The molecule has 0 spiro atoms. The maximum absolute atomic E-state index is 6.18. The van der Waals surface area contributed by atoms with Gasteiger partial charge in [-0.05, 0) is 36.9 Å². The summed E-state index contributed by atoms with van der Waals surface area (Å²) in [5.41, 5.74) is 3.03. The fraction of sp³-hybridized carbons (Fsp3) is 0. The Labute approximate surface area is 124 Å². The number of aliphatic imine (C=N–C) groups is 2. The standard InChI is InChI=1S/C13H8ClN7/c1-15-10-4-7(3-8(14)12(10)16-2)9-5-11(18-6-17-9)13-19-21-20-13/h3-6H,1-2H2. The number of benzene rings is 1. The lowest BCUT2D eigenvalue weighted by Gasteiger charge is -2.08.